The smallest absolute Gasteiger partial charge is 0.226 e. The summed E-state index contributed by atoms with van der Waals surface area (Å²) < 4.78 is 0. The molecule has 0 aromatic heterocycles. The van der Waals surface area contributed by atoms with E-state index >= 15 is 0 Å². The quantitative estimate of drug-likeness (QED) is 0.568. The number of nitrogens with one attached hydrogen (secondary N) is 1. The van der Waals surface area contributed by atoms with Gasteiger partial charge in [0, 0.05) is 19.6 Å². The second-order valence-corrected chi connectivity index (χ2v) is 4.31. The highest BCUT2D eigenvalue weighted by Crippen LogP contribution is 2.17. The molecule has 1 N–H and O–H groups in total. The molecule has 1 amide bonds. The maximum atomic E-state index is 11.9. The van der Waals surface area contributed by atoms with E-state index in [4.69, 9.17) is 4.79 Å². The Morgan fingerprint density at radius 2 is 1.83 bits per heavy atom. The van der Waals surface area contributed by atoms with E-state index in [1.54, 1.807) is 0 Å². The van der Waals surface area contributed by atoms with Crippen LogP contribution in [0, 0.1) is 5.92 Å². The van der Waals surface area contributed by atoms with E-state index in [2.05, 4.69) is 5.32 Å². The predicted octanol–water partition coefficient (Wildman–Crippen LogP) is 2.07. The topological polar surface area (TPSA) is 49.4 Å². The lowest BCUT2D eigenvalue weighted by atomic mass is 9.98. The number of piperidine rings is 1. The van der Waals surface area contributed by atoms with Crippen LogP contribution in [0.15, 0.2) is 0 Å². The van der Waals surface area contributed by atoms with Gasteiger partial charge in [0.25, 0.3) is 0 Å². The number of amides is 1. The Bertz CT molecular complexity index is 225. The number of halogens is 1. The number of hydrogen-bond acceptors (Lipinski definition) is 3. The van der Waals surface area contributed by atoms with Gasteiger partial charge < -0.3 is 15.0 Å². The molecule has 0 bridgehead atoms. The van der Waals surface area contributed by atoms with Crippen molar-refractivity contribution in [2.24, 2.45) is 5.92 Å². The van der Waals surface area contributed by atoms with Crippen molar-refractivity contribution < 1.29 is 9.59 Å². The minimum absolute atomic E-state index is 0. The Morgan fingerprint density at radius 3 is 2.28 bits per heavy atom. The minimum atomic E-state index is 0. The first-order chi connectivity index (χ1) is 7.79. The maximum Gasteiger partial charge on any atom is 0.226 e. The first-order valence-electron chi connectivity index (χ1n) is 6.19. The van der Waals surface area contributed by atoms with Crippen LogP contribution in [0.4, 0.5) is 0 Å². The second-order valence-electron chi connectivity index (χ2n) is 4.31. The summed E-state index contributed by atoms with van der Waals surface area (Å²) >= 11 is 0. The lowest BCUT2D eigenvalue weighted by Gasteiger charge is -2.26. The molecular weight excluding hydrogens is 343 g/mol. The van der Waals surface area contributed by atoms with Crippen molar-refractivity contribution in [3.63, 3.8) is 0 Å². The van der Waals surface area contributed by atoms with Gasteiger partial charge in [0.15, 0.2) is 0 Å². The van der Waals surface area contributed by atoms with Crippen LogP contribution in [-0.4, -0.2) is 43.3 Å². The number of hydrogen-bond donors (Lipinski definition) is 1. The molecule has 1 atom stereocenters. The van der Waals surface area contributed by atoms with Crippen molar-refractivity contribution in [2.75, 3.05) is 26.2 Å². The molecule has 2 rings (SSSR count). The standard InChI is InChI=1S/C10H18N2O.C2H4O.CH4.HI/c13-10(12-6-1-2-7-12)9-4-3-5-11-8-9;1-2-3;;/h9,11H,1-8H2;2H,1H3;1H4;1H/t9-;;;/m0.../s1. The third kappa shape index (κ3) is 6.68. The highest BCUT2D eigenvalue weighted by Gasteiger charge is 2.27. The third-order valence-corrected chi connectivity index (χ3v) is 3.06. The average molecular weight is 370 g/mol. The lowest BCUT2D eigenvalue weighted by molar-refractivity contribution is -0.134. The summed E-state index contributed by atoms with van der Waals surface area (Å²) in [5.41, 5.74) is 0. The van der Waals surface area contributed by atoms with Gasteiger partial charge >= 0.3 is 0 Å². The lowest BCUT2D eigenvalue weighted by Crippen LogP contribution is -2.41. The number of carbonyl (C=O) groups excluding carboxylic acids is 2. The Morgan fingerprint density at radius 1 is 1.28 bits per heavy atom. The molecule has 0 unspecified atom stereocenters. The fourth-order valence-electron chi connectivity index (χ4n) is 2.26. The molecule has 5 heteroatoms. The Kier molecular flexibility index (Phi) is 13.3. The van der Waals surface area contributed by atoms with E-state index in [-0.39, 0.29) is 37.3 Å². The molecule has 0 aromatic carbocycles. The van der Waals surface area contributed by atoms with E-state index in [0.717, 1.165) is 45.3 Å². The molecule has 2 aliphatic heterocycles. The zero-order valence-corrected chi connectivity index (χ0v) is 12.8. The first kappa shape index (κ1) is 20.2. The van der Waals surface area contributed by atoms with Crippen LogP contribution in [0.25, 0.3) is 0 Å². The third-order valence-electron chi connectivity index (χ3n) is 3.06. The molecular formula is C13H27IN2O2. The van der Waals surface area contributed by atoms with Gasteiger partial charge in [-0.25, -0.2) is 0 Å². The highest BCUT2D eigenvalue weighted by molar-refractivity contribution is 14.0. The molecule has 0 saturated carbocycles. The van der Waals surface area contributed by atoms with Crippen molar-refractivity contribution in [2.45, 2.75) is 40.0 Å². The van der Waals surface area contributed by atoms with Crippen molar-refractivity contribution in [3.8, 4) is 0 Å². The van der Waals surface area contributed by atoms with E-state index in [9.17, 15) is 4.79 Å². The van der Waals surface area contributed by atoms with Gasteiger partial charge in [-0.1, -0.05) is 7.43 Å². The maximum absolute atomic E-state index is 11.9. The molecule has 2 saturated heterocycles. The second kappa shape index (κ2) is 11.9. The monoisotopic (exact) mass is 370 g/mol. The van der Waals surface area contributed by atoms with Crippen LogP contribution in [0.1, 0.15) is 40.0 Å². The number of carbonyl (C=O) groups is 2. The summed E-state index contributed by atoms with van der Waals surface area (Å²) in [7, 11) is 0. The van der Waals surface area contributed by atoms with E-state index in [0.29, 0.717) is 5.91 Å². The van der Waals surface area contributed by atoms with Crippen LogP contribution >= 0.6 is 24.0 Å². The summed E-state index contributed by atoms with van der Waals surface area (Å²) in [4.78, 5) is 22.7. The number of aldehydes is 1. The molecule has 2 heterocycles. The number of likely N-dealkylation sites (tertiary alicyclic amines) is 1. The highest BCUT2D eigenvalue weighted by atomic mass is 127. The molecule has 0 aromatic rings. The van der Waals surface area contributed by atoms with Gasteiger partial charge in [-0.3, -0.25) is 4.79 Å². The fourth-order valence-corrected chi connectivity index (χ4v) is 2.26. The van der Waals surface area contributed by atoms with E-state index in [1.165, 1.54) is 19.8 Å². The van der Waals surface area contributed by atoms with Crippen molar-refractivity contribution in [3.05, 3.63) is 0 Å². The van der Waals surface area contributed by atoms with Crippen molar-refractivity contribution in [1.82, 2.24) is 10.2 Å². The first-order valence-corrected chi connectivity index (χ1v) is 6.19. The average Bonchev–Trinajstić information content (AvgIpc) is 2.84. The molecule has 108 valence electrons. The van der Waals surface area contributed by atoms with Crippen LogP contribution in [-0.2, 0) is 9.59 Å². The number of nitrogens with zero attached hydrogens (tertiary/aromatic N) is 1. The van der Waals surface area contributed by atoms with Crippen LogP contribution < -0.4 is 5.32 Å². The van der Waals surface area contributed by atoms with Gasteiger partial charge in [0.1, 0.15) is 6.29 Å². The largest absolute Gasteiger partial charge is 0.342 e. The van der Waals surface area contributed by atoms with Gasteiger partial charge in [-0.2, -0.15) is 0 Å². The van der Waals surface area contributed by atoms with E-state index in [1.807, 2.05) is 4.90 Å². The van der Waals surface area contributed by atoms with Gasteiger partial charge in [0.05, 0.1) is 5.92 Å². The zero-order valence-electron chi connectivity index (χ0n) is 10.5. The predicted molar refractivity (Wildman–Crippen MR) is 85.3 cm³/mol. The van der Waals surface area contributed by atoms with Crippen molar-refractivity contribution in [1.29, 1.82) is 0 Å². The molecule has 2 fully saturated rings. The summed E-state index contributed by atoms with van der Waals surface area (Å²) in [6.45, 7) is 5.42. The summed E-state index contributed by atoms with van der Waals surface area (Å²) in [6.07, 6.45) is 5.39. The van der Waals surface area contributed by atoms with Gasteiger partial charge in [-0.15, -0.1) is 24.0 Å². The molecule has 2 aliphatic rings. The molecule has 0 spiro atoms. The fraction of sp³-hybridized carbons (Fsp3) is 0.846. The normalized spacial score (nSPS) is 21.8. The van der Waals surface area contributed by atoms with Crippen LogP contribution in [0.3, 0.4) is 0 Å². The Hall–Kier alpha value is -0.170. The molecule has 0 aliphatic carbocycles. The summed E-state index contributed by atoms with van der Waals surface area (Å²) in [5, 5.41) is 3.29. The Balaban J connectivity index is 0. The Labute approximate surface area is 128 Å². The minimum Gasteiger partial charge on any atom is -0.342 e. The van der Waals surface area contributed by atoms with E-state index < -0.39 is 0 Å². The molecule has 0 radical (unpaired) electrons. The number of rotatable bonds is 1. The molecule has 4 nitrogen and oxygen atoms in total. The van der Waals surface area contributed by atoms with Crippen LogP contribution in [0.5, 0.6) is 0 Å². The zero-order chi connectivity index (χ0) is 11.8. The van der Waals surface area contributed by atoms with Crippen LogP contribution in [0.2, 0.25) is 0 Å². The summed E-state index contributed by atoms with van der Waals surface area (Å²) in [6, 6.07) is 0. The van der Waals surface area contributed by atoms with Gasteiger partial charge in [0.2, 0.25) is 5.91 Å². The van der Waals surface area contributed by atoms with Crippen molar-refractivity contribution >= 4 is 36.2 Å². The van der Waals surface area contributed by atoms with Gasteiger partial charge in [-0.05, 0) is 39.2 Å². The SMILES string of the molecule is C.CC=O.I.O=C([C@H]1CCCNC1)N1CCCC1. The molecule has 18 heavy (non-hydrogen) atoms. The summed E-state index contributed by atoms with van der Waals surface area (Å²) in [5.74, 6) is 0.663.